The van der Waals surface area contributed by atoms with Crippen molar-refractivity contribution in [1.82, 2.24) is 9.80 Å². The first-order valence-electron chi connectivity index (χ1n) is 10.4. The number of nitrogens with zero attached hydrogens (tertiary/aromatic N) is 2. The Balaban J connectivity index is 1.47. The van der Waals surface area contributed by atoms with Crippen LogP contribution < -0.4 is 0 Å². The van der Waals surface area contributed by atoms with Crippen molar-refractivity contribution >= 4 is 5.91 Å². The molecule has 0 radical (unpaired) electrons. The second kappa shape index (κ2) is 7.69. The van der Waals surface area contributed by atoms with Crippen LogP contribution in [0.1, 0.15) is 50.5 Å². The van der Waals surface area contributed by atoms with Crippen LogP contribution in [-0.4, -0.2) is 61.1 Å². The highest BCUT2D eigenvalue weighted by molar-refractivity contribution is 5.85. The molecule has 2 saturated heterocycles. The molecule has 0 aromatic heterocycles. The Hall–Kier alpha value is -1.39. The summed E-state index contributed by atoms with van der Waals surface area (Å²) in [7, 11) is 0. The van der Waals surface area contributed by atoms with Crippen LogP contribution in [0.2, 0.25) is 0 Å². The van der Waals surface area contributed by atoms with Crippen molar-refractivity contribution in [2.75, 3.05) is 39.4 Å². The minimum absolute atomic E-state index is 0.0560. The number of hydrogen-bond donors (Lipinski definition) is 0. The molecule has 1 atom stereocenters. The number of ether oxygens (including phenoxy) is 1. The Labute approximate surface area is 157 Å². The summed E-state index contributed by atoms with van der Waals surface area (Å²) >= 11 is 0. The third kappa shape index (κ3) is 3.81. The lowest BCUT2D eigenvalue weighted by molar-refractivity contribution is -0.142. The first-order chi connectivity index (χ1) is 12.7. The average molecular weight is 357 g/mol. The third-order valence-electron chi connectivity index (χ3n) is 6.59. The second-order valence-corrected chi connectivity index (χ2v) is 8.40. The summed E-state index contributed by atoms with van der Waals surface area (Å²) < 4.78 is 5.52. The first-order valence-corrected chi connectivity index (χ1v) is 10.4. The van der Waals surface area contributed by atoms with Gasteiger partial charge < -0.3 is 14.5 Å². The van der Waals surface area contributed by atoms with Gasteiger partial charge in [-0.05, 0) is 63.1 Å². The Morgan fingerprint density at radius 2 is 1.88 bits per heavy atom. The molecular weight excluding hydrogens is 324 g/mol. The molecule has 4 rings (SSSR count). The number of likely N-dealkylation sites (tertiary alicyclic amines) is 2. The molecular formula is C22H32N2O2. The molecule has 4 heteroatoms. The standard InChI is InChI=1S/C22H32N2O2/c1-2-26-15-14-23-12-10-22(11-13-23)16-20(18-6-4-3-5-7-18)21(25)24(17-22)19-8-9-19/h3-7,19-20H,2,8-17H2,1H3. The van der Waals surface area contributed by atoms with Gasteiger partial charge in [0.25, 0.3) is 0 Å². The molecule has 2 aliphatic heterocycles. The van der Waals surface area contributed by atoms with Crippen LogP contribution in [0.4, 0.5) is 0 Å². The fraction of sp³-hybridized carbons (Fsp3) is 0.682. The fourth-order valence-electron chi connectivity index (χ4n) is 4.82. The first kappa shape index (κ1) is 18.0. The van der Waals surface area contributed by atoms with E-state index in [4.69, 9.17) is 4.74 Å². The van der Waals surface area contributed by atoms with Crippen molar-refractivity contribution in [3.8, 4) is 0 Å². The quantitative estimate of drug-likeness (QED) is 0.733. The van der Waals surface area contributed by atoms with Gasteiger partial charge in [0.1, 0.15) is 0 Å². The predicted octanol–water partition coefficient (Wildman–Crippen LogP) is 3.28. The van der Waals surface area contributed by atoms with E-state index in [-0.39, 0.29) is 5.92 Å². The zero-order valence-corrected chi connectivity index (χ0v) is 16.0. The lowest BCUT2D eigenvalue weighted by Gasteiger charge is -2.50. The molecule has 3 fully saturated rings. The highest BCUT2D eigenvalue weighted by Gasteiger charge is 2.49. The summed E-state index contributed by atoms with van der Waals surface area (Å²) in [6.07, 6.45) is 5.84. The molecule has 1 amide bonds. The van der Waals surface area contributed by atoms with E-state index < -0.39 is 0 Å². The predicted molar refractivity (Wildman–Crippen MR) is 103 cm³/mol. The molecule has 1 aromatic rings. The highest BCUT2D eigenvalue weighted by Crippen LogP contribution is 2.48. The van der Waals surface area contributed by atoms with Gasteiger partial charge in [-0.25, -0.2) is 0 Å². The zero-order valence-electron chi connectivity index (χ0n) is 16.0. The molecule has 0 N–H and O–H groups in total. The maximum Gasteiger partial charge on any atom is 0.230 e. The number of benzene rings is 1. The third-order valence-corrected chi connectivity index (χ3v) is 6.59. The van der Waals surface area contributed by atoms with Gasteiger partial charge in [-0.3, -0.25) is 4.79 Å². The SMILES string of the molecule is CCOCCN1CCC2(CC1)CC(c1ccccc1)C(=O)N(C1CC1)C2. The van der Waals surface area contributed by atoms with Crippen LogP contribution in [0.3, 0.4) is 0 Å². The number of carbonyl (C=O) groups excluding carboxylic acids is 1. The van der Waals surface area contributed by atoms with E-state index in [0.29, 0.717) is 17.4 Å². The van der Waals surface area contributed by atoms with Crippen LogP contribution in [0.15, 0.2) is 30.3 Å². The van der Waals surface area contributed by atoms with Gasteiger partial charge in [-0.1, -0.05) is 30.3 Å². The average Bonchev–Trinajstić information content (AvgIpc) is 3.51. The number of piperidine rings is 2. The van der Waals surface area contributed by atoms with Crippen LogP contribution in [0.5, 0.6) is 0 Å². The summed E-state index contributed by atoms with van der Waals surface area (Å²) in [5, 5.41) is 0. The van der Waals surface area contributed by atoms with E-state index in [9.17, 15) is 4.79 Å². The van der Waals surface area contributed by atoms with Crippen LogP contribution in [-0.2, 0) is 9.53 Å². The molecule has 26 heavy (non-hydrogen) atoms. The van der Waals surface area contributed by atoms with E-state index in [0.717, 1.165) is 45.8 Å². The van der Waals surface area contributed by atoms with Crippen molar-refractivity contribution in [2.45, 2.75) is 51.0 Å². The van der Waals surface area contributed by atoms with Gasteiger partial charge in [0.2, 0.25) is 5.91 Å². The monoisotopic (exact) mass is 356 g/mol. The lowest BCUT2D eigenvalue weighted by atomic mass is 9.67. The fourth-order valence-corrected chi connectivity index (χ4v) is 4.82. The Bertz CT molecular complexity index is 606. The van der Waals surface area contributed by atoms with Crippen molar-refractivity contribution in [3.05, 3.63) is 35.9 Å². The summed E-state index contributed by atoms with van der Waals surface area (Å²) in [6.45, 7) is 8.00. The van der Waals surface area contributed by atoms with E-state index in [1.165, 1.54) is 31.2 Å². The van der Waals surface area contributed by atoms with Crippen molar-refractivity contribution in [2.24, 2.45) is 5.41 Å². The van der Waals surface area contributed by atoms with Gasteiger partial charge in [0.15, 0.2) is 0 Å². The van der Waals surface area contributed by atoms with Gasteiger partial charge in [0, 0.05) is 25.7 Å². The maximum atomic E-state index is 13.2. The molecule has 142 valence electrons. The van der Waals surface area contributed by atoms with Crippen molar-refractivity contribution in [1.29, 1.82) is 0 Å². The van der Waals surface area contributed by atoms with Gasteiger partial charge in [0.05, 0.1) is 12.5 Å². The van der Waals surface area contributed by atoms with Crippen LogP contribution in [0, 0.1) is 5.41 Å². The number of carbonyl (C=O) groups is 1. The van der Waals surface area contributed by atoms with Crippen LogP contribution in [0.25, 0.3) is 0 Å². The lowest BCUT2D eigenvalue weighted by Crippen LogP contribution is -2.54. The summed E-state index contributed by atoms with van der Waals surface area (Å²) in [4.78, 5) is 18.0. The smallest absolute Gasteiger partial charge is 0.230 e. The number of rotatable bonds is 6. The van der Waals surface area contributed by atoms with Crippen LogP contribution >= 0.6 is 0 Å². The van der Waals surface area contributed by atoms with E-state index >= 15 is 0 Å². The highest BCUT2D eigenvalue weighted by atomic mass is 16.5. The molecule has 1 saturated carbocycles. The Kier molecular flexibility index (Phi) is 5.32. The topological polar surface area (TPSA) is 32.8 Å². The van der Waals surface area contributed by atoms with Gasteiger partial charge >= 0.3 is 0 Å². The number of hydrogen-bond acceptors (Lipinski definition) is 3. The molecule has 3 aliphatic rings. The molecule has 2 heterocycles. The molecule has 1 unspecified atom stereocenters. The molecule has 0 bridgehead atoms. The van der Waals surface area contributed by atoms with Gasteiger partial charge in [-0.2, -0.15) is 0 Å². The maximum absolute atomic E-state index is 13.2. The summed E-state index contributed by atoms with van der Waals surface area (Å²) in [5.41, 5.74) is 1.51. The summed E-state index contributed by atoms with van der Waals surface area (Å²) in [5.74, 6) is 0.434. The van der Waals surface area contributed by atoms with E-state index in [2.05, 4.69) is 41.0 Å². The largest absolute Gasteiger partial charge is 0.380 e. The number of amides is 1. The second-order valence-electron chi connectivity index (χ2n) is 8.40. The zero-order chi connectivity index (χ0) is 18.0. The minimum Gasteiger partial charge on any atom is -0.380 e. The Morgan fingerprint density at radius 3 is 2.54 bits per heavy atom. The Morgan fingerprint density at radius 1 is 1.15 bits per heavy atom. The van der Waals surface area contributed by atoms with Crippen molar-refractivity contribution < 1.29 is 9.53 Å². The molecule has 1 aliphatic carbocycles. The van der Waals surface area contributed by atoms with Gasteiger partial charge in [-0.15, -0.1) is 0 Å². The van der Waals surface area contributed by atoms with E-state index in [1.807, 2.05) is 6.07 Å². The molecule has 4 nitrogen and oxygen atoms in total. The molecule has 1 aromatic carbocycles. The molecule has 1 spiro atoms. The van der Waals surface area contributed by atoms with E-state index in [1.54, 1.807) is 0 Å². The minimum atomic E-state index is 0.0560. The van der Waals surface area contributed by atoms with Crippen molar-refractivity contribution in [3.63, 3.8) is 0 Å². The summed E-state index contributed by atoms with van der Waals surface area (Å²) in [6, 6.07) is 11.0. The normalized spacial score (nSPS) is 26.4.